The van der Waals surface area contributed by atoms with E-state index < -0.39 is 43.1 Å². The molecule has 4 N–H and O–H groups in total. The highest BCUT2D eigenvalue weighted by atomic mass is 16.6. The second-order valence-electron chi connectivity index (χ2n) is 3.50. The van der Waals surface area contributed by atoms with Crippen molar-refractivity contribution in [1.82, 2.24) is 0 Å². The van der Waals surface area contributed by atoms with Crippen molar-refractivity contribution in [3.8, 4) is 0 Å². The summed E-state index contributed by atoms with van der Waals surface area (Å²) >= 11 is 0. The molecule has 1 heterocycles. The van der Waals surface area contributed by atoms with Crippen LogP contribution in [0.15, 0.2) is 0 Å². The quantitative estimate of drug-likeness (QED) is 0.397. The molecule has 5 unspecified atom stereocenters. The van der Waals surface area contributed by atoms with Gasteiger partial charge in [-0.05, 0) is 6.92 Å². The Morgan fingerprint density at radius 3 is 2.38 bits per heavy atom. The molecule has 0 aromatic carbocycles. The number of aliphatic hydroxyl groups excluding tert-OH is 4. The lowest BCUT2D eigenvalue weighted by molar-refractivity contribution is -0.235. The zero-order valence-corrected chi connectivity index (χ0v) is 8.81. The van der Waals surface area contributed by atoms with E-state index in [2.05, 4.69) is 4.74 Å². The smallest absolute Gasteiger partial charge is 0.338 e. The van der Waals surface area contributed by atoms with Crippen LogP contribution >= 0.6 is 0 Å². The van der Waals surface area contributed by atoms with E-state index in [0.29, 0.717) is 0 Å². The summed E-state index contributed by atoms with van der Waals surface area (Å²) in [7, 11) is 0. The first-order chi connectivity index (χ1) is 7.52. The van der Waals surface area contributed by atoms with Crippen LogP contribution in [-0.4, -0.2) is 70.1 Å². The van der Waals surface area contributed by atoms with Crippen LogP contribution in [0.4, 0.5) is 0 Å². The monoisotopic (exact) mass is 236 g/mol. The number of hydrogen-bond donors (Lipinski definition) is 4. The van der Waals surface area contributed by atoms with Gasteiger partial charge in [-0.25, -0.2) is 4.79 Å². The molecular weight excluding hydrogens is 220 g/mol. The van der Waals surface area contributed by atoms with E-state index in [9.17, 15) is 20.1 Å². The SMILES string of the molecule is CCOC(=O)C1OC(CO)C(O)C(O)C1O. The summed E-state index contributed by atoms with van der Waals surface area (Å²) in [5.74, 6) is -0.834. The van der Waals surface area contributed by atoms with Gasteiger partial charge in [0.2, 0.25) is 0 Å². The Bertz CT molecular complexity index is 242. The number of carbonyl (C=O) groups is 1. The Balaban J connectivity index is 2.74. The number of hydrogen-bond acceptors (Lipinski definition) is 7. The molecule has 0 aromatic heterocycles. The van der Waals surface area contributed by atoms with Crippen molar-refractivity contribution in [2.45, 2.75) is 37.4 Å². The summed E-state index contributed by atoms with van der Waals surface area (Å²) in [6.45, 7) is 1.12. The lowest BCUT2D eigenvalue weighted by Crippen LogP contribution is -2.60. The lowest BCUT2D eigenvalue weighted by Gasteiger charge is -2.38. The lowest BCUT2D eigenvalue weighted by atomic mass is 9.95. The zero-order valence-electron chi connectivity index (χ0n) is 8.81. The molecule has 0 amide bonds. The first kappa shape index (κ1) is 13.3. The third kappa shape index (κ3) is 2.50. The third-order valence-electron chi connectivity index (χ3n) is 2.41. The van der Waals surface area contributed by atoms with E-state index in [1.165, 1.54) is 0 Å². The molecule has 94 valence electrons. The predicted octanol–water partition coefficient (Wildman–Crippen LogP) is -2.61. The minimum Gasteiger partial charge on any atom is -0.464 e. The molecule has 0 saturated carbocycles. The van der Waals surface area contributed by atoms with Crippen LogP contribution < -0.4 is 0 Å². The van der Waals surface area contributed by atoms with Gasteiger partial charge >= 0.3 is 5.97 Å². The van der Waals surface area contributed by atoms with E-state index in [1.54, 1.807) is 6.92 Å². The van der Waals surface area contributed by atoms with Gasteiger partial charge in [-0.3, -0.25) is 0 Å². The molecule has 0 aromatic rings. The Kier molecular flexibility index (Phi) is 4.63. The molecule has 1 rings (SSSR count). The molecule has 1 aliphatic heterocycles. The summed E-state index contributed by atoms with van der Waals surface area (Å²) in [5.41, 5.74) is 0. The Morgan fingerprint density at radius 2 is 1.88 bits per heavy atom. The van der Waals surface area contributed by atoms with Gasteiger partial charge in [0.15, 0.2) is 6.10 Å². The van der Waals surface area contributed by atoms with Crippen molar-refractivity contribution in [2.75, 3.05) is 13.2 Å². The maximum Gasteiger partial charge on any atom is 0.338 e. The van der Waals surface area contributed by atoms with Crippen molar-refractivity contribution < 1.29 is 34.7 Å². The van der Waals surface area contributed by atoms with E-state index in [0.717, 1.165) is 0 Å². The van der Waals surface area contributed by atoms with Crippen LogP contribution in [-0.2, 0) is 14.3 Å². The Hall–Kier alpha value is -0.730. The first-order valence-corrected chi connectivity index (χ1v) is 5.00. The van der Waals surface area contributed by atoms with E-state index in [4.69, 9.17) is 9.84 Å². The minimum atomic E-state index is -1.57. The van der Waals surface area contributed by atoms with Gasteiger partial charge < -0.3 is 29.9 Å². The topological polar surface area (TPSA) is 116 Å². The first-order valence-electron chi connectivity index (χ1n) is 5.00. The highest BCUT2D eigenvalue weighted by Gasteiger charge is 2.47. The standard InChI is InChI=1S/C9H16O7/c1-2-15-9(14)8-7(13)6(12)5(11)4(3-10)16-8/h4-8,10-13H,2-3H2,1H3. The second kappa shape index (κ2) is 5.55. The highest BCUT2D eigenvalue weighted by molar-refractivity contribution is 5.75. The molecule has 0 spiro atoms. The second-order valence-corrected chi connectivity index (χ2v) is 3.50. The average Bonchev–Trinajstić information content (AvgIpc) is 2.27. The van der Waals surface area contributed by atoms with Gasteiger partial charge in [0.05, 0.1) is 13.2 Å². The summed E-state index contributed by atoms with van der Waals surface area (Å²) in [5, 5.41) is 37.2. The van der Waals surface area contributed by atoms with Gasteiger partial charge in [-0.2, -0.15) is 0 Å². The number of carbonyl (C=O) groups excluding carboxylic acids is 1. The maximum absolute atomic E-state index is 11.3. The van der Waals surface area contributed by atoms with Gasteiger partial charge in [-0.15, -0.1) is 0 Å². The Labute approximate surface area is 92.2 Å². The van der Waals surface area contributed by atoms with E-state index in [1.807, 2.05) is 0 Å². The molecule has 16 heavy (non-hydrogen) atoms. The molecule has 1 fully saturated rings. The Morgan fingerprint density at radius 1 is 1.25 bits per heavy atom. The fourth-order valence-corrected chi connectivity index (χ4v) is 1.52. The number of esters is 1. The molecule has 7 nitrogen and oxygen atoms in total. The van der Waals surface area contributed by atoms with Crippen LogP contribution in [0.2, 0.25) is 0 Å². The van der Waals surface area contributed by atoms with Crippen molar-refractivity contribution >= 4 is 5.97 Å². The predicted molar refractivity (Wildman–Crippen MR) is 50.4 cm³/mol. The zero-order chi connectivity index (χ0) is 12.3. The minimum absolute atomic E-state index is 0.105. The molecule has 5 atom stereocenters. The maximum atomic E-state index is 11.3. The molecule has 0 bridgehead atoms. The fraction of sp³-hybridized carbons (Fsp3) is 0.889. The van der Waals surface area contributed by atoms with Crippen molar-refractivity contribution in [2.24, 2.45) is 0 Å². The molecular formula is C9H16O7. The summed E-state index contributed by atoms with van der Waals surface area (Å²) in [6, 6.07) is 0. The summed E-state index contributed by atoms with van der Waals surface area (Å²) < 4.78 is 9.59. The van der Waals surface area contributed by atoms with E-state index >= 15 is 0 Å². The van der Waals surface area contributed by atoms with Crippen molar-refractivity contribution in [1.29, 1.82) is 0 Å². The number of aliphatic hydroxyl groups is 4. The van der Waals surface area contributed by atoms with Gasteiger partial charge in [-0.1, -0.05) is 0 Å². The van der Waals surface area contributed by atoms with Crippen LogP contribution in [0.25, 0.3) is 0 Å². The number of rotatable bonds is 3. The van der Waals surface area contributed by atoms with Crippen molar-refractivity contribution in [3.63, 3.8) is 0 Å². The summed E-state index contributed by atoms with van der Waals surface area (Å²) in [4.78, 5) is 11.3. The van der Waals surface area contributed by atoms with Crippen LogP contribution in [0.5, 0.6) is 0 Å². The fourth-order valence-electron chi connectivity index (χ4n) is 1.52. The van der Waals surface area contributed by atoms with Gasteiger partial charge in [0.1, 0.15) is 24.4 Å². The van der Waals surface area contributed by atoms with Crippen LogP contribution in [0.3, 0.4) is 0 Å². The highest BCUT2D eigenvalue weighted by Crippen LogP contribution is 2.21. The summed E-state index contributed by atoms with van der Waals surface area (Å²) in [6.07, 6.45) is -7.08. The van der Waals surface area contributed by atoms with Gasteiger partial charge in [0, 0.05) is 0 Å². The molecule has 1 aliphatic rings. The normalized spacial score (nSPS) is 39.4. The molecule has 0 aliphatic carbocycles. The molecule has 0 radical (unpaired) electrons. The molecule has 1 saturated heterocycles. The number of ether oxygens (including phenoxy) is 2. The van der Waals surface area contributed by atoms with Gasteiger partial charge in [0.25, 0.3) is 0 Å². The van der Waals surface area contributed by atoms with Crippen LogP contribution in [0.1, 0.15) is 6.92 Å². The van der Waals surface area contributed by atoms with Crippen molar-refractivity contribution in [3.05, 3.63) is 0 Å². The van der Waals surface area contributed by atoms with Crippen LogP contribution in [0, 0.1) is 0 Å². The molecule has 7 heteroatoms. The van der Waals surface area contributed by atoms with E-state index in [-0.39, 0.29) is 6.61 Å². The third-order valence-corrected chi connectivity index (χ3v) is 2.41. The largest absolute Gasteiger partial charge is 0.464 e. The average molecular weight is 236 g/mol.